The van der Waals surface area contributed by atoms with E-state index in [4.69, 9.17) is 6.42 Å². The van der Waals surface area contributed by atoms with Crippen molar-refractivity contribution in [3.63, 3.8) is 0 Å². The molecule has 0 aliphatic rings. The van der Waals surface area contributed by atoms with Crippen molar-refractivity contribution in [3.8, 4) is 12.3 Å². The zero-order valence-corrected chi connectivity index (χ0v) is 17.2. The Balaban J connectivity index is 2.02. The molecule has 0 aliphatic heterocycles. The number of hydrogen-bond donors (Lipinski definition) is 0. The third-order valence-corrected chi connectivity index (χ3v) is 6.13. The molecule has 0 radical (unpaired) electrons. The number of carbonyl (C=O) groups excluding carboxylic acids is 1. The molecule has 1 aromatic heterocycles. The SMILES string of the molecule is C#CCn1c(=NC(=O)c2ccc(SC)cc2)sc2cc(CCCC)ccc21. The quantitative estimate of drug-likeness (QED) is 0.428. The molecule has 3 aromatic rings. The van der Waals surface area contributed by atoms with Crippen molar-refractivity contribution >= 4 is 39.2 Å². The van der Waals surface area contributed by atoms with Crippen LogP contribution in [0.5, 0.6) is 0 Å². The summed E-state index contributed by atoms with van der Waals surface area (Å²) in [4.78, 5) is 18.8. The maximum Gasteiger partial charge on any atom is 0.279 e. The van der Waals surface area contributed by atoms with Gasteiger partial charge in [0.2, 0.25) is 0 Å². The monoisotopic (exact) mass is 394 g/mol. The molecule has 3 nitrogen and oxygen atoms in total. The maximum atomic E-state index is 12.6. The number of hydrogen-bond acceptors (Lipinski definition) is 3. The standard InChI is InChI=1S/C22H22N2OS2/c1-4-6-7-16-8-13-19-20(15-16)27-22(24(19)14-5-2)23-21(25)17-9-11-18(26-3)12-10-17/h2,8-13,15H,4,6-7,14H2,1,3H3. The summed E-state index contributed by atoms with van der Waals surface area (Å²) >= 11 is 3.16. The number of thiazole rings is 1. The van der Waals surface area contributed by atoms with E-state index in [2.05, 4.69) is 36.0 Å². The first-order chi connectivity index (χ1) is 13.2. The fraction of sp³-hybridized carbons (Fsp3) is 0.273. The van der Waals surface area contributed by atoms with Crippen molar-refractivity contribution < 1.29 is 4.79 Å². The molecule has 0 bridgehead atoms. The molecule has 0 aliphatic carbocycles. The molecule has 0 unspecified atom stereocenters. The van der Waals surface area contributed by atoms with Crippen LogP contribution in [0.2, 0.25) is 0 Å². The van der Waals surface area contributed by atoms with Gasteiger partial charge in [0.05, 0.1) is 16.8 Å². The predicted octanol–water partition coefficient (Wildman–Crippen LogP) is 5.14. The molecular formula is C22H22N2OS2. The number of nitrogens with zero attached hydrogens (tertiary/aromatic N) is 2. The van der Waals surface area contributed by atoms with Gasteiger partial charge in [-0.05, 0) is 61.1 Å². The fourth-order valence-corrected chi connectivity index (χ4v) is 4.37. The third kappa shape index (κ3) is 4.52. The second-order valence-corrected chi connectivity index (χ2v) is 8.11. The van der Waals surface area contributed by atoms with Crippen LogP contribution in [0.3, 0.4) is 0 Å². The lowest BCUT2D eigenvalue weighted by Gasteiger charge is -2.02. The molecule has 0 saturated heterocycles. The van der Waals surface area contributed by atoms with Gasteiger partial charge in [-0.3, -0.25) is 4.79 Å². The molecule has 0 atom stereocenters. The smallest absolute Gasteiger partial charge is 0.279 e. The highest BCUT2D eigenvalue weighted by molar-refractivity contribution is 7.98. The van der Waals surface area contributed by atoms with Crippen LogP contribution in [0.1, 0.15) is 35.7 Å². The van der Waals surface area contributed by atoms with Crippen LogP contribution < -0.4 is 4.80 Å². The largest absolute Gasteiger partial charge is 0.305 e. The number of aromatic nitrogens is 1. The summed E-state index contributed by atoms with van der Waals surface area (Å²) in [5.74, 6) is 2.43. The van der Waals surface area contributed by atoms with Crippen LogP contribution in [0.15, 0.2) is 52.4 Å². The molecule has 0 spiro atoms. The van der Waals surface area contributed by atoms with E-state index >= 15 is 0 Å². The summed E-state index contributed by atoms with van der Waals surface area (Å²) in [5.41, 5.74) is 2.92. The van der Waals surface area contributed by atoms with Crippen LogP contribution in [0.4, 0.5) is 0 Å². The predicted molar refractivity (Wildman–Crippen MR) is 115 cm³/mol. The van der Waals surface area contributed by atoms with Gasteiger partial charge in [-0.1, -0.05) is 36.7 Å². The Labute approximate surface area is 168 Å². The Morgan fingerprint density at radius 1 is 1.26 bits per heavy atom. The molecule has 3 rings (SSSR count). The van der Waals surface area contributed by atoms with Gasteiger partial charge in [0, 0.05) is 10.5 Å². The molecule has 0 saturated carbocycles. The minimum Gasteiger partial charge on any atom is -0.305 e. The van der Waals surface area contributed by atoms with Crippen LogP contribution in [-0.4, -0.2) is 16.7 Å². The number of rotatable bonds is 6. The van der Waals surface area contributed by atoms with Crippen molar-refractivity contribution in [1.29, 1.82) is 0 Å². The number of unbranched alkanes of at least 4 members (excludes halogenated alkanes) is 1. The summed E-state index contributed by atoms with van der Waals surface area (Å²) in [5, 5.41) is 0. The topological polar surface area (TPSA) is 34.4 Å². The number of carbonyl (C=O) groups is 1. The molecule has 2 aromatic carbocycles. The van der Waals surface area contributed by atoms with Crippen molar-refractivity contribution in [2.75, 3.05) is 6.26 Å². The Morgan fingerprint density at radius 3 is 2.70 bits per heavy atom. The second-order valence-electron chi connectivity index (χ2n) is 6.23. The van der Waals surface area contributed by atoms with Crippen molar-refractivity contribution in [1.82, 2.24) is 4.57 Å². The van der Waals surface area contributed by atoms with E-state index in [0.29, 0.717) is 16.9 Å². The Bertz CT molecular complexity index is 1050. The lowest BCUT2D eigenvalue weighted by Crippen LogP contribution is -2.16. The van der Waals surface area contributed by atoms with Gasteiger partial charge in [0.1, 0.15) is 0 Å². The van der Waals surface area contributed by atoms with Crippen LogP contribution in [-0.2, 0) is 13.0 Å². The summed E-state index contributed by atoms with van der Waals surface area (Å²) in [6.07, 6.45) is 11.0. The van der Waals surface area contributed by atoms with Gasteiger partial charge in [-0.2, -0.15) is 4.99 Å². The van der Waals surface area contributed by atoms with E-state index in [9.17, 15) is 4.79 Å². The molecule has 0 fully saturated rings. The maximum absolute atomic E-state index is 12.6. The highest BCUT2D eigenvalue weighted by Crippen LogP contribution is 2.21. The summed E-state index contributed by atoms with van der Waals surface area (Å²) in [6.45, 7) is 2.59. The summed E-state index contributed by atoms with van der Waals surface area (Å²) < 4.78 is 3.06. The van der Waals surface area contributed by atoms with E-state index in [0.717, 1.165) is 21.5 Å². The lowest BCUT2D eigenvalue weighted by molar-refractivity contribution is 0.0998. The first-order valence-corrected chi connectivity index (χ1v) is 11.0. The van der Waals surface area contributed by atoms with Gasteiger partial charge < -0.3 is 4.57 Å². The summed E-state index contributed by atoms with van der Waals surface area (Å²) in [6, 6.07) is 13.9. The van der Waals surface area contributed by atoms with Gasteiger partial charge in [-0.15, -0.1) is 18.2 Å². The molecular weight excluding hydrogens is 372 g/mol. The Morgan fingerprint density at radius 2 is 2.04 bits per heavy atom. The Kier molecular flexibility index (Phi) is 6.54. The van der Waals surface area contributed by atoms with E-state index in [1.165, 1.54) is 29.7 Å². The number of thioether (sulfide) groups is 1. The lowest BCUT2D eigenvalue weighted by atomic mass is 10.1. The van der Waals surface area contributed by atoms with Crippen LogP contribution in [0.25, 0.3) is 10.2 Å². The van der Waals surface area contributed by atoms with Gasteiger partial charge >= 0.3 is 0 Å². The number of amides is 1. The van der Waals surface area contributed by atoms with Crippen molar-refractivity contribution in [2.24, 2.45) is 4.99 Å². The minimum atomic E-state index is -0.244. The molecule has 27 heavy (non-hydrogen) atoms. The Hall–Kier alpha value is -2.29. The van der Waals surface area contributed by atoms with Crippen LogP contribution >= 0.6 is 23.1 Å². The first kappa shape index (κ1) is 19.5. The van der Waals surface area contributed by atoms with Gasteiger partial charge in [-0.25, -0.2) is 0 Å². The van der Waals surface area contributed by atoms with Gasteiger partial charge in [0.15, 0.2) is 4.80 Å². The highest BCUT2D eigenvalue weighted by atomic mass is 32.2. The summed E-state index contributed by atoms with van der Waals surface area (Å²) in [7, 11) is 0. The third-order valence-electron chi connectivity index (χ3n) is 4.35. The molecule has 5 heteroatoms. The van der Waals surface area contributed by atoms with Crippen LogP contribution in [0, 0.1) is 12.3 Å². The second kappa shape index (κ2) is 9.07. The molecule has 138 valence electrons. The molecule has 0 N–H and O–H groups in total. The zero-order valence-electron chi connectivity index (χ0n) is 15.6. The van der Waals surface area contributed by atoms with E-state index < -0.39 is 0 Å². The first-order valence-electron chi connectivity index (χ1n) is 8.95. The normalized spacial score (nSPS) is 11.7. The average molecular weight is 395 g/mol. The minimum absolute atomic E-state index is 0.244. The number of fused-ring (bicyclic) bond motifs is 1. The number of aryl methyl sites for hydroxylation is 1. The average Bonchev–Trinajstić information content (AvgIpc) is 3.03. The van der Waals surface area contributed by atoms with Crippen molar-refractivity contribution in [3.05, 3.63) is 58.4 Å². The number of benzene rings is 2. The zero-order chi connectivity index (χ0) is 19.2. The number of terminal acetylenes is 1. The highest BCUT2D eigenvalue weighted by Gasteiger charge is 2.09. The van der Waals surface area contributed by atoms with E-state index in [1.54, 1.807) is 11.8 Å². The molecule has 1 amide bonds. The molecule has 1 heterocycles. The fourth-order valence-electron chi connectivity index (χ4n) is 2.87. The van der Waals surface area contributed by atoms with E-state index in [1.807, 2.05) is 35.1 Å². The van der Waals surface area contributed by atoms with Gasteiger partial charge in [0.25, 0.3) is 5.91 Å². The van der Waals surface area contributed by atoms with E-state index in [-0.39, 0.29) is 5.91 Å². The van der Waals surface area contributed by atoms with Crippen molar-refractivity contribution in [2.45, 2.75) is 37.6 Å².